The van der Waals surface area contributed by atoms with E-state index in [1.165, 1.54) is 12.1 Å². The molecule has 1 aliphatic rings. The van der Waals surface area contributed by atoms with Gasteiger partial charge in [0.1, 0.15) is 11.6 Å². The molecular formula is C15H17FO3. The number of halogens is 1. The second-order valence-corrected chi connectivity index (χ2v) is 5.13. The van der Waals surface area contributed by atoms with Gasteiger partial charge in [-0.2, -0.15) is 0 Å². The average molecular weight is 264 g/mol. The van der Waals surface area contributed by atoms with Gasteiger partial charge >= 0.3 is 5.97 Å². The van der Waals surface area contributed by atoms with Crippen molar-refractivity contribution in [3.05, 3.63) is 35.6 Å². The van der Waals surface area contributed by atoms with Gasteiger partial charge in [0.2, 0.25) is 0 Å². The van der Waals surface area contributed by atoms with Crippen LogP contribution >= 0.6 is 0 Å². The Bertz CT molecular complexity index is 479. The van der Waals surface area contributed by atoms with Gasteiger partial charge in [-0.1, -0.05) is 12.1 Å². The number of ketones is 1. The Morgan fingerprint density at radius 3 is 2.53 bits per heavy atom. The molecule has 1 fully saturated rings. The summed E-state index contributed by atoms with van der Waals surface area (Å²) < 4.78 is 18.1. The number of benzene rings is 1. The van der Waals surface area contributed by atoms with Crippen molar-refractivity contribution in [3.8, 4) is 0 Å². The monoisotopic (exact) mass is 264 g/mol. The molecule has 19 heavy (non-hydrogen) atoms. The number of hydrogen-bond acceptors (Lipinski definition) is 3. The highest BCUT2D eigenvalue weighted by molar-refractivity contribution is 5.94. The van der Waals surface area contributed by atoms with Crippen LogP contribution in [0.2, 0.25) is 0 Å². The third kappa shape index (κ3) is 3.00. The maximum absolute atomic E-state index is 12.9. The maximum Gasteiger partial charge on any atom is 0.310 e. The summed E-state index contributed by atoms with van der Waals surface area (Å²) in [5, 5.41) is 0. The second kappa shape index (κ2) is 5.51. The van der Waals surface area contributed by atoms with Crippen molar-refractivity contribution < 1.29 is 18.7 Å². The minimum absolute atomic E-state index is 0.0253. The molecule has 0 aliphatic heterocycles. The molecular weight excluding hydrogens is 247 g/mol. The van der Waals surface area contributed by atoms with E-state index in [9.17, 15) is 14.0 Å². The van der Waals surface area contributed by atoms with Crippen molar-refractivity contribution in [3.63, 3.8) is 0 Å². The molecule has 0 aromatic heterocycles. The van der Waals surface area contributed by atoms with Gasteiger partial charge in [0.15, 0.2) is 0 Å². The van der Waals surface area contributed by atoms with Crippen LogP contribution in [0.1, 0.15) is 38.2 Å². The number of ether oxygens (including phenoxy) is 1. The quantitative estimate of drug-likeness (QED) is 0.788. The van der Waals surface area contributed by atoms with Crippen LogP contribution in [0.4, 0.5) is 4.39 Å². The van der Waals surface area contributed by atoms with Crippen LogP contribution in [0, 0.1) is 11.7 Å². The van der Waals surface area contributed by atoms with E-state index in [1.54, 1.807) is 26.0 Å². The van der Waals surface area contributed by atoms with Crippen molar-refractivity contribution in [2.45, 2.75) is 38.7 Å². The Balaban J connectivity index is 2.22. The van der Waals surface area contributed by atoms with Crippen LogP contribution < -0.4 is 0 Å². The summed E-state index contributed by atoms with van der Waals surface area (Å²) >= 11 is 0. The molecule has 4 heteroatoms. The number of carbonyl (C=O) groups is 2. The standard InChI is InChI=1S/C15H17FO3/c1-9(2)19-15(18)12-7-8-13(17)14(12)10-3-5-11(16)6-4-10/h3-6,9,12,14H,7-8H2,1-2H3/t12-,14+/m1/s1. The lowest BCUT2D eigenvalue weighted by molar-refractivity contribution is -0.153. The molecule has 1 aromatic carbocycles. The van der Waals surface area contributed by atoms with E-state index in [0.717, 1.165) is 0 Å². The molecule has 1 aliphatic carbocycles. The van der Waals surface area contributed by atoms with E-state index in [-0.39, 0.29) is 23.7 Å². The lowest BCUT2D eigenvalue weighted by atomic mass is 9.88. The molecule has 2 rings (SSSR count). The molecule has 0 amide bonds. The fourth-order valence-corrected chi connectivity index (χ4v) is 2.51. The largest absolute Gasteiger partial charge is 0.463 e. The van der Waals surface area contributed by atoms with Gasteiger partial charge in [-0.3, -0.25) is 9.59 Å². The SMILES string of the molecule is CC(C)OC(=O)[C@@H]1CCC(=O)[C@H]1c1ccc(F)cc1. The number of esters is 1. The third-order valence-electron chi connectivity index (χ3n) is 3.33. The highest BCUT2D eigenvalue weighted by Gasteiger charge is 2.41. The number of carbonyl (C=O) groups excluding carboxylic acids is 2. The van der Waals surface area contributed by atoms with E-state index >= 15 is 0 Å². The van der Waals surface area contributed by atoms with Crippen LogP contribution in [0.15, 0.2) is 24.3 Å². The highest BCUT2D eigenvalue weighted by atomic mass is 19.1. The Labute approximate surface area is 111 Å². The Kier molecular flexibility index (Phi) is 3.98. The van der Waals surface area contributed by atoms with E-state index in [0.29, 0.717) is 18.4 Å². The molecule has 0 unspecified atom stereocenters. The second-order valence-electron chi connectivity index (χ2n) is 5.13. The van der Waals surface area contributed by atoms with Crippen molar-refractivity contribution >= 4 is 11.8 Å². The van der Waals surface area contributed by atoms with Gasteiger partial charge in [0.25, 0.3) is 0 Å². The zero-order valence-corrected chi connectivity index (χ0v) is 11.1. The van der Waals surface area contributed by atoms with Gasteiger partial charge in [0.05, 0.1) is 17.9 Å². The molecule has 0 spiro atoms. The van der Waals surface area contributed by atoms with Crippen LogP contribution in [0.25, 0.3) is 0 Å². The summed E-state index contributed by atoms with van der Waals surface area (Å²) in [6.45, 7) is 3.56. The molecule has 3 nitrogen and oxygen atoms in total. The first kappa shape index (κ1) is 13.7. The predicted molar refractivity (Wildman–Crippen MR) is 68.1 cm³/mol. The number of hydrogen-bond donors (Lipinski definition) is 0. The first-order chi connectivity index (χ1) is 8.99. The number of Topliss-reactive ketones (excluding diaryl/α,β-unsaturated/α-hetero) is 1. The molecule has 102 valence electrons. The minimum Gasteiger partial charge on any atom is -0.463 e. The lowest BCUT2D eigenvalue weighted by Crippen LogP contribution is -2.25. The van der Waals surface area contributed by atoms with E-state index in [4.69, 9.17) is 4.74 Å². The molecule has 0 N–H and O–H groups in total. The zero-order chi connectivity index (χ0) is 14.0. The van der Waals surface area contributed by atoms with Crippen LogP contribution in [-0.4, -0.2) is 17.9 Å². The maximum atomic E-state index is 12.9. The van der Waals surface area contributed by atoms with E-state index in [1.807, 2.05) is 0 Å². The summed E-state index contributed by atoms with van der Waals surface area (Å²) in [4.78, 5) is 24.0. The average Bonchev–Trinajstić information content (AvgIpc) is 2.71. The summed E-state index contributed by atoms with van der Waals surface area (Å²) in [6.07, 6.45) is 0.684. The van der Waals surface area contributed by atoms with Gasteiger partial charge < -0.3 is 4.74 Å². The Hall–Kier alpha value is -1.71. The molecule has 0 bridgehead atoms. The topological polar surface area (TPSA) is 43.4 Å². The lowest BCUT2D eigenvalue weighted by Gasteiger charge is -2.19. The fourth-order valence-electron chi connectivity index (χ4n) is 2.51. The first-order valence-corrected chi connectivity index (χ1v) is 6.47. The molecule has 0 heterocycles. The predicted octanol–water partition coefficient (Wildman–Crippen LogP) is 2.84. The molecule has 0 saturated heterocycles. The van der Waals surface area contributed by atoms with Crippen molar-refractivity contribution in [2.24, 2.45) is 5.92 Å². The van der Waals surface area contributed by atoms with Crippen LogP contribution in [0.5, 0.6) is 0 Å². The fraction of sp³-hybridized carbons (Fsp3) is 0.467. The molecule has 1 saturated carbocycles. The van der Waals surface area contributed by atoms with Crippen LogP contribution in [-0.2, 0) is 14.3 Å². The molecule has 2 atom stereocenters. The van der Waals surface area contributed by atoms with Gasteiger partial charge in [-0.15, -0.1) is 0 Å². The highest BCUT2D eigenvalue weighted by Crippen LogP contribution is 2.38. The van der Waals surface area contributed by atoms with Crippen molar-refractivity contribution in [1.82, 2.24) is 0 Å². The third-order valence-corrected chi connectivity index (χ3v) is 3.33. The first-order valence-electron chi connectivity index (χ1n) is 6.47. The van der Waals surface area contributed by atoms with Crippen molar-refractivity contribution in [1.29, 1.82) is 0 Å². The van der Waals surface area contributed by atoms with Gasteiger partial charge in [-0.25, -0.2) is 4.39 Å². The van der Waals surface area contributed by atoms with Crippen molar-refractivity contribution in [2.75, 3.05) is 0 Å². The molecule has 0 radical (unpaired) electrons. The van der Waals surface area contributed by atoms with Crippen LogP contribution in [0.3, 0.4) is 0 Å². The minimum atomic E-state index is -0.494. The Morgan fingerprint density at radius 2 is 1.95 bits per heavy atom. The smallest absolute Gasteiger partial charge is 0.310 e. The summed E-state index contributed by atoms with van der Waals surface area (Å²) in [6, 6.07) is 5.76. The summed E-state index contributed by atoms with van der Waals surface area (Å²) in [5.41, 5.74) is 0.689. The summed E-state index contributed by atoms with van der Waals surface area (Å²) in [7, 11) is 0. The van der Waals surface area contributed by atoms with E-state index in [2.05, 4.69) is 0 Å². The Morgan fingerprint density at radius 1 is 1.32 bits per heavy atom. The molecule has 1 aromatic rings. The van der Waals surface area contributed by atoms with Gasteiger partial charge in [0, 0.05) is 6.42 Å². The van der Waals surface area contributed by atoms with Gasteiger partial charge in [-0.05, 0) is 38.0 Å². The van der Waals surface area contributed by atoms with E-state index < -0.39 is 11.8 Å². The summed E-state index contributed by atoms with van der Waals surface area (Å²) in [5.74, 6) is -1.60. The normalized spacial score (nSPS) is 22.8. The number of rotatable bonds is 3. The zero-order valence-electron chi connectivity index (χ0n) is 11.1.